The Kier molecular flexibility index (Phi) is 4.25. The van der Waals surface area contributed by atoms with E-state index in [0.29, 0.717) is 0 Å². The highest BCUT2D eigenvalue weighted by Gasteiger charge is 2.31. The molecule has 2 heteroatoms. The normalized spacial score (nSPS) is 34.5. The van der Waals surface area contributed by atoms with Crippen molar-refractivity contribution in [3.05, 3.63) is 0 Å². The molecule has 18 heavy (non-hydrogen) atoms. The lowest BCUT2D eigenvalue weighted by Crippen LogP contribution is -2.50. The third-order valence-corrected chi connectivity index (χ3v) is 5.32. The van der Waals surface area contributed by atoms with Crippen LogP contribution in [0, 0.1) is 17.8 Å². The Labute approximate surface area is 113 Å². The van der Waals surface area contributed by atoms with Crippen molar-refractivity contribution in [1.82, 2.24) is 10.2 Å². The summed E-state index contributed by atoms with van der Waals surface area (Å²) in [5.74, 6) is 2.99. The Morgan fingerprint density at radius 2 is 1.83 bits per heavy atom. The molecule has 0 aromatic heterocycles. The number of hydrogen-bond donors (Lipinski definition) is 1. The Morgan fingerprint density at radius 1 is 1.00 bits per heavy atom. The number of likely N-dealkylation sites (tertiary alicyclic amines) is 1. The van der Waals surface area contributed by atoms with Gasteiger partial charge < -0.3 is 10.2 Å². The summed E-state index contributed by atoms with van der Waals surface area (Å²) in [6, 6.07) is 0.781. The molecule has 2 nitrogen and oxygen atoms in total. The minimum absolute atomic E-state index is 0.781. The highest BCUT2D eigenvalue weighted by atomic mass is 15.2. The summed E-state index contributed by atoms with van der Waals surface area (Å²) >= 11 is 0. The lowest BCUT2D eigenvalue weighted by Gasteiger charge is -2.39. The van der Waals surface area contributed by atoms with Gasteiger partial charge in [-0.15, -0.1) is 0 Å². The fourth-order valence-electron chi connectivity index (χ4n) is 3.59. The van der Waals surface area contributed by atoms with Crippen LogP contribution in [0.4, 0.5) is 0 Å². The van der Waals surface area contributed by atoms with Crippen LogP contribution in [0.2, 0.25) is 0 Å². The lowest BCUT2D eigenvalue weighted by atomic mass is 9.84. The van der Waals surface area contributed by atoms with Gasteiger partial charge in [0.25, 0.3) is 0 Å². The van der Waals surface area contributed by atoms with Crippen molar-refractivity contribution in [3.63, 3.8) is 0 Å². The smallest absolute Gasteiger partial charge is 0.0198 e. The van der Waals surface area contributed by atoms with Gasteiger partial charge in [-0.05, 0) is 56.4 Å². The Morgan fingerprint density at radius 3 is 2.44 bits per heavy atom. The first-order valence-electron chi connectivity index (χ1n) is 8.29. The van der Waals surface area contributed by atoms with Crippen molar-refractivity contribution in [2.75, 3.05) is 26.2 Å². The molecule has 2 aliphatic carbocycles. The zero-order chi connectivity index (χ0) is 12.4. The maximum absolute atomic E-state index is 3.87. The van der Waals surface area contributed by atoms with Gasteiger partial charge in [0.1, 0.15) is 0 Å². The third-order valence-electron chi connectivity index (χ3n) is 5.32. The largest absolute Gasteiger partial charge is 0.312 e. The minimum atomic E-state index is 0.781. The summed E-state index contributed by atoms with van der Waals surface area (Å²) in [5, 5.41) is 3.87. The molecular formula is C16H30N2. The zero-order valence-electron chi connectivity index (χ0n) is 12.0. The second kappa shape index (κ2) is 5.92. The third kappa shape index (κ3) is 3.48. The minimum Gasteiger partial charge on any atom is -0.312 e. The molecular weight excluding hydrogens is 220 g/mol. The van der Waals surface area contributed by atoms with Gasteiger partial charge >= 0.3 is 0 Å². The molecule has 104 valence electrons. The van der Waals surface area contributed by atoms with Gasteiger partial charge in [0, 0.05) is 25.7 Å². The predicted molar refractivity (Wildman–Crippen MR) is 76.7 cm³/mol. The Hall–Kier alpha value is -0.0800. The molecule has 0 aromatic carbocycles. The van der Waals surface area contributed by atoms with Gasteiger partial charge in [0.15, 0.2) is 0 Å². The van der Waals surface area contributed by atoms with E-state index in [9.17, 15) is 0 Å². The van der Waals surface area contributed by atoms with E-state index in [2.05, 4.69) is 17.1 Å². The van der Waals surface area contributed by atoms with E-state index in [-0.39, 0.29) is 0 Å². The standard InChI is InChI=1S/C16H30N2/c1-2-13-8-16(17-9-14-4-3-5-14)12-18(10-13)11-15-6-7-15/h13-17H,2-12H2,1H3. The van der Waals surface area contributed by atoms with Gasteiger partial charge in [-0.2, -0.15) is 0 Å². The second-order valence-electron chi connectivity index (χ2n) is 7.07. The van der Waals surface area contributed by atoms with Crippen molar-refractivity contribution in [2.24, 2.45) is 17.8 Å². The van der Waals surface area contributed by atoms with Crippen molar-refractivity contribution in [3.8, 4) is 0 Å². The Bertz CT molecular complexity index is 258. The fraction of sp³-hybridized carbons (Fsp3) is 1.00. The molecule has 1 heterocycles. The molecule has 0 radical (unpaired) electrons. The average molecular weight is 250 g/mol. The van der Waals surface area contributed by atoms with Crippen molar-refractivity contribution < 1.29 is 0 Å². The van der Waals surface area contributed by atoms with Crippen LogP contribution in [0.3, 0.4) is 0 Å². The molecule has 0 aromatic rings. The molecule has 0 bridgehead atoms. The summed E-state index contributed by atoms with van der Waals surface area (Å²) < 4.78 is 0. The molecule has 2 saturated carbocycles. The van der Waals surface area contributed by atoms with Crippen molar-refractivity contribution >= 4 is 0 Å². The van der Waals surface area contributed by atoms with Crippen LogP contribution in [0.5, 0.6) is 0 Å². The van der Waals surface area contributed by atoms with Gasteiger partial charge in [0.05, 0.1) is 0 Å². The number of nitrogens with zero attached hydrogens (tertiary/aromatic N) is 1. The van der Waals surface area contributed by atoms with Crippen LogP contribution in [0.1, 0.15) is 51.9 Å². The first-order chi connectivity index (χ1) is 8.83. The number of hydrogen-bond acceptors (Lipinski definition) is 2. The van der Waals surface area contributed by atoms with E-state index >= 15 is 0 Å². The van der Waals surface area contributed by atoms with E-state index in [1.807, 2.05) is 0 Å². The predicted octanol–water partition coefficient (Wildman–Crippen LogP) is 2.89. The first-order valence-corrected chi connectivity index (χ1v) is 8.29. The molecule has 3 rings (SSSR count). The number of piperidine rings is 1. The molecule has 2 atom stereocenters. The highest BCUT2D eigenvalue weighted by molar-refractivity contribution is 4.87. The average Bonchev–Trinajstić information content (AvgIpc) is 3.10. The SMILES string of the molecule is CCC1CC(NCC2CCC2)CN(CC2CC2)C1. The van der Waals surface area contributed by atoms with Crippen LogP contribution >= 0.6 is 0 Å². The summed E-state index contributed by atoms with van der Waals surface area (Å²) in [4.78, 5) is 2.76. The van der Waals surface area contributed by atoms with Gasteiger partial charge in [-0.25, -0.2) is 0 Å². The van der Waals surface area contributed by atoms with Gasteiger partial charge in [-0.3, -0.25) is 0 Å². The molecule has 2 unspecified atom stereocenters. The topological polar surface area (TPSA) is 15.3 Å². The summed E-state index contributed by atoms with van der Waals surface area (Å²) in [7, 11) is 0. The van der Waals surface area contributed by atoms with Crippen LogP contribution in [-0.4, -0.2) is 37.1 Å². The first kappa shape index (κ1) is 12.9. The van der Waals surface area contributed by atoms with E-state index in [1.54, 1.807) is 0 Å². The Balaban J connectivity index is 1.45. The summed E-state index contributed by atoms with van der Waals surface area (Å²) in [6.07, 6.45) is 10.2. The van der Waals surface area contributed by atoms with Crippen molar-refractivity contribution in [1.29, 1.82) is 0 Å². The van der Waals surface area contributed by atoms with Crippen LogP contribution < -0.4 is 5.32 Å². The second-order valence-corrected chi connectivity index (χ2v) is 7.07. The molecule has 3 fully saturated rings. The fourth-order valence-corrected chi connectivity index (χ4v) is 3.59. The van der Waals surface area contributed by atoms with Crippen LogP contribution in [0.25, 0.3) is 0 Å². The van der Waals surface area contributed by atoms with E-state index < -0.39 is 0 Å². The lowest BCUT2D eigenvalue weighted by molar-refractivity contribution is 0.127. The van der Waals surface area contributed by atoms with E-state index in [4.69, 9.17) is 0 Å². The molecule has 0 amide bonds. The van der Waals surface area contributed by atoms with E-state index in [0.717, 1.165) is 23.8 Å². The molecule has 0 spiro atoms. The number of rotatable bonds is 6. The van der Waals surface area contributed by atoms with Crippen LogP contribution in [-0.2, 0) is 0 Å². The molecule has 3 aliphatic rings. The quantitative estimate of drug-likeness (QED) is 0.780. The summed E-state index contributed by atoms with van der Waals surface area (Å²) in [6.45, 7) is 7.74. The van der Waals surface area contributed by atoms with Gasteiger partial charge in [-0.1, -0.05) is 19.8 Å². The monoisotopic (exact) mass is 250 g/mol. The van der Waals surface area contributed by atoms with Crippen molar-refractivity contribution in [2.45, 2.75) is 57.9 Å². The maximum atomic E-state index is 3.87. The van der Waals surface area contributed by atoms with Gasteiger partial charge in [0.2, 0.25) is 0 Å². The summed E-state index contributed by atoms with van der Waals surface area (Å²) in [5.41, 5.74) is 0. The van der Waals surface area contributed by atoms with E-state index in [1.165, 1.54) is 71.1 Å². The molecule has 1 aliphatic heterocycles. The molecule has 1 N–H and O–H groups in total. The number of nitrogens with one attached hydrogen (secondary N) is 1. The highest BCUT2D eigenvalue weighted by Crippen LogP contribution is 2.32. The van der Waals surface area contributed by atoms with Crippen LogP contribution in [0.15, 0.2) is 0 Å². The maximum Gasteiger partial charge on any atom is 0.0198 e. The zero-order valence-corrected chi connectivity index (χ0v) is 12.0. The molecule has 1 saturated heterocycles.